The van der Waals surface area contributed by atoms with Crippen molar-refractivity contribution in [1.82, 2.24) is 24.3 Å². The SMILES string of the molecule is C[C@H]1CC[C@@H](c2nc(-c3ccc(C(=O)Nc4ncccc4C(F)(F)F)cc3)c3c(N)nccn23)CN1C(=O)C1(C)COC1. The standard InChI is InChI=1S/C30H30F3N7O3/c1-17-5-6-20(14-40(17)28(42)29(2)15-43-16-29)26-37-22(23-24(34)35-12-13-39(23)26)18-7-9-19(10-8-18)27(41)38-25-21(30(31,32)33)4-3-11-36-25/h3-4,7-13,17,20H,5-6,14-16H2,1-2H3,(H2,34,35)(H,36,38,41)/t17-,20+/m0/s1. The lowest BCUT2D eigenvalue weighted by atomic mass is 9.84. The van der Waals surface area contributed by atoms with Gasteiger partial charge in [0, 0.05) is 48.2 Å². The van der Waals surface area contributed by atoms with Crippen LogP contribution in [0.5, 0.6) is 0 Å². The van der Waals surface area contributed by atoms with Crippen molar-refractivity contribution in [2.24, 2.45) is 5.41 Å². The van der Waals surface area contributed by atoms with E-state index in [1.165, 1.54) is 18.3 Å². The number of aromatic nitrogens is 4. The Labute approximate surface area is 245 Å². The molecule has 2 amide bonds. The Morgan fingerprint density at radius 3 is 2.51 bits per heavy atom. The summed E-state index contributed by atoms with van der Waals surface area (Å²) in [7, 11) is 0. The van der Waals surface area contributed by atoms with E-state index >= 15 is 0 Å². The Morgan fingerprint density at radius 1 is 1.09 bits per heavy atom. The molecule has 224 valence electrons. The number of imidazole rings is 1. The van der Waals surface area contributed by atoms with E-state index in [-0.39, 0.29) is 29.2 Å². The Bertz CT molecular complexity index is 1700. The summed E-state index contributed by atoms with van der Waals surface area (Å²) < 4.78 is 47.3. The van der Waals surface area contributed by atoms with Gasteiger partial charge in [-0.05, 0) is 51.0 Å². The highest BCUT2D eigenvalue weighted by Gasteiger charge is 2.46. The monoisotopic (exact) mass is 593 g/mol. The highest BCUT2D eigenvalue weighted by atomic mass is 19.4. The Morgan fingerprint density at radius 2 is 1.84 bits per heavy atom. The summed E-state index contributed by atoms with van der Waals surface area (Å²) in [5, 5.41) is 2.25. The second kappa shape index (κ2) is 10.6. The molecule has 0 radical (unpaired) electrons. The van der Waals surface area contributed by atoms with E-state index in [4.69, 9.17) is 15.5 Å². The van der Waals surface area contributed by atoms with Gasteiger partial charge in [0.05, 0.1) is 24.2 Å². The number of rotatable bonds is 5. The van der Waals surface area contributed by atoms with E-state index in [1.54, 1.807) is 24.5 Å². The normalized spacial score (nSPS) is 20.1. The lowest BCUT2D eigenvalue weighted by Crippen LogP contribution is -2.57. The van der Waals surface area contributed by atoms with Gasteiger partial charge in [-0.25, -0.2) is 15.0 Å². The number of likely N-dealkylation sites (tertiary alicyclic amines) is 1. The first-order chi connectivity index (χ1) is 20.5. The second-order valence-corrected chi connectivity index (χ2v) is 11.4. The smallest absolute Gasteiger partial charge is 0.382 e. The molecule has 43 heavy (non-hydrogen) atoms. The van der Waals surface area contributed by atoms with Crippen molar-refractivity contribution in [2.75, 3.05) is 30.8 Å². The predicted molar refractivity (Wildman–Crippen MR) is 152 cm³/mol. The summed E-state index contributed by atoms with van der Waals surface area (Å²) in [5.74, 6) is -0.265. The molecule has 13 heteroatoms. The van der Waals surface area contributed by atoms with Crippen LogP contribution < -0.4 is 11.1 Å². The first-order valence-electron chi connectivity index (χ1n) is 13.9. The highest BCUT2D eigenvalue weighted by molar-refractivity contribution is 6.04. The van der Waals surface area contributed by atoms with Crippen LogP contribution in [0.3, 0.4) is 0 Å². The highest BCUT2D eigenvalue weighted by Crippen LogP contribution is 2.38. The number of hydrogen-bond donors (Lipinski definition) is 2. The minimum absolute atomic E-state index is 0.0564. The lowest BCUT2D eigenvalue weighted by Gasteiger charge is -2.45. The molecule has 0 spiro atoms. The first-order valence-corrected chi connectivity index (χ1v) is 13.9. The van der Waals surface area contributed by atoms with E-state index in [2.05, 4.69) is 22.2 Å². The topological polar surface area (TPSA) is 128 Å². The van der Waals surface area contributed by atoms with Crippen molar-refractivity contribution in [3.05, 3.63) is 71.9 Å². The number of nitrogen functional groups attached to an aromatic ring is 1. The van der Waals surface area contributed by atoms with E-state index < -0.39 is 28.9 Å². The van der Waals surface area contributed by atoms with Crippen LogP contribution in [-0.2, 0) is 15.7 Å². The number of carbonyl (C=O) groups excluding carboxylic acids is 2. The van der Waals surface area contributed by atoms with E-state index in [9.17, 15) is 22.8 Å². The fraction of sp³-hybridized carbons (Fsp3) is 0.367. The summed E-state index contributed by atoms with van der Waals surface area (Å²) in [6, 6.07) is 8.43. The van der Waals surface area contributed by atoms with Crippen molar-refractivity contribution >= 4 is 29.0 Å². The minimum Gasteiger partial charge on any atom is -0.382 e. The minimum atomic E-state index is -4.67. The lowest BCUT2D eigenvalue weighted by molar-refractivity contribution is -0.172. The molecular formula is C30H30F3N7O3. The van der Waals surface area contributed by atoms with Crippen molar-refractivity contribution in [3.63, 3.8) is 0 Å². The number of pyridine rings is 1. The average Bonchev–Trinajstić information content (AvgIpc) is 3.36. The molecule has 1 aromatic carbocycles. The van der Waals surface area contributed by atoms with Crippen LogP contribution in [-0.4, -0.2) is 61.9 Å². The van der Waals surface area contributed by atoms with Gasteiger partial charge in [-0.1, -0.05) is 12.1 Å². The van der Waals surface area contributed by atoms with Gasteiger partial charge >= 0.3 is 6.18 Å². The number of alkyl halides is 3. The molecule has 4 aromatic rings. The molecule has 2 aliphatic heterocycles. The third kappa shape index (κ3) is 5.18. The predicted octanol–water partition coefficient (Wildman–Crippen LogP) is 4.78. The van der Waals surface area contributed by atoms with Gasteiger partial charge in [0.15, 0.2) is 0 Å². The van der Waals surface area contributed by atoms with E-state index in [1.807, 2.05) is 16.2 Å². The van der Waals surface area contributed by atoms with Gasteiger partial charge in [-0.15, -0.1) is 0 Å². The van der Waals surface area contributed by atoms with Crippen molar-refractivity contribution < 1.29 is 27.5 Å². The molecule has 3 aromatic heterocycles. The largest absolute Gasteiger partial charge is 0.419 e. The molecule has 2 saturated heterocycles. The van der Waals surface area contributed by atoms with Gasteiger partial charge in [0.25, 0.3) is 5.91 Å². The van der Waals surface area contributed by atoms with Crippen molar-refractivity contribution in [1.29, 1.82) is 0 Å². The third-order valence-electron chi connectivity index (χ3n) is 8.24. The number of ether oxygens (including phenoxy) is 1. The van der Waals surface area contributed by atoms with E-state index in [0.717, 1.165) is 30.8 Å². The number of benzene rings is 1. The summed E-state index contributed by atoms with van der Waals surface area (Å²) in [6.07, 6.45) is 1.53. The number of carbonyl (C=O) groups is 2. The fourth-order valence-corrected chi connectivity index (χ4v) is 5.75. The number of piperidine rings is 1. The van der Waals surface area contributed by atoms with Crippen LogP contribution in [0.15, 0.2) is 55.0 Å². The Kier molecular flexibility index (Phi) is 7.07. The number of fused-ring (bicyclic) bond motifs is 1. The van der Waals surface area contributed by atoms with Crippen LogP contribution in [0.4, 0.5) is 24.8 Å². The summed E-state index contributed by atoms with van der Waals surface area (Å²) in [5.41, 5.74) is 6.70. The molecule has 0 unspecified atom stereocenters. The first kappa shape index (κ1) is 28.6. The molecule has 0 aliphatic carbocycles. The Balaban J connectivity index is 1.29. The maximum atomic E-state index is 13.4. The number of nitrogens with one attached hydrogen (secondary N) is 1. The van der Waals surface area contributed by atoms with Gasteiger partial charge in [-0.2, -0.15) is 13.2 Å². The van der Waals surface area contributed by atoms with Gasteiger partial charge in [0.2, 0.25) is 5.91 Å². The van der Waals surface area contributed by atoms with Gasteiger partial charge < -0.3 is 20.7 Å². The van der Waals surface area contributed by atoms with Crippen molar-refractivity contribution in [2.45, 2.75) is 44.8 Å². The number of halogens is 3. The molecule has 2 atom stereocenters. The number of nitrogens with zero attached hydrogens (tertiary/aromatic N) is 5. The van der Waals surface area contributed by atoms with Crippen molar-refractivity contribution in [3.8, 4) is 11.3 Å². The van der Waals surface area contributed by atoms with Gasteiger partial charge in [-0.3, -0.25) is 14.0 Å². The van der Waals surface area contributed by atoms with E-state index in [0.29, 0.717) is 36.5 Å². The van der Waals surface area contributed by atoms with Gasteiger partial charge in [0.1, 0.15) is 28.7 Å². The number of anilines is 2. The average molecular weight is 594 g/mol. The fourth-order valence-electron chi connectivity index (χ4n) is 5.75. The summed E-state index contributed by atoms with van der Waals surface area (Å²) in [6.45, 7) is 5.32. The third-order valence-corrected chi connectivity index (χ3v) is 8.24. The molecule has 2 fully saturated rings. The molecule has 0 saturated carbocycles. The quantitative estimate of drug-likeness (QED) is 0.341. The zero-order valence-electron chi connectivity index (χ0n) is 23.6. The zero-order valence-corrected chi connectivity index (χ0v) is 23.6. The molecule has 5 heterocycles. The molecule has 3 N–H and O–H groups in total. The summed E-state index contributed by atoms with van der Waals surface area (Å²) in [4.78, 5) is 41.1. The summed E-state index contributed by atoms with van der Waals surface area (Å²) >= 11 is 0. The van der Waals surface area contributed by atoms with Crippen LogP contribution in [0.1, 0.15) is 54.4 Å². The number of amides is 2. The van der Waals surface area contributed by atoms with Crippen LogP contribution >= 0.6 is 0 Å². The molecular weight excluding hydrogens is 563 g/mol. The molecule has 6 rings (SSSR count). The second-order valence-electron chi connectivity index (χ2n) is 11.4. The number of nitrogens with two attached hydrogens (primary N) is 1. The number of hydrogen-bond acceptors (Lipinski definition) is 7. The molecule has 2 aliphatic rings. The van der Waals surface area contributed by atoms with Crippen LogP contribution in [0.2, 0.25) is 0 Å². The maximum Gasteiger partial charge on any atom is 0.419 e. The van der Waals surface area contributed by atoms with Crippen LogP contribution in [0.25, 0.3) is 16.8 Å². The molecule has 10 nitrogen and oxygen atoms in total. The maximum absolute atomic E-state index is 13.4. The zero-order chi connectivity index (χ0) is 30.5. The Hall–Kier alpha value is -4.52. The molecule has 0 bridgehead atoms. The van der Waals surface area contributed by atoms with Crippen LogP contribution in [0, 0.1) is 5.41 Å².